The molecule has 2 heterocycles. The fourth-order valence-electron chi connectivity index (χ4n) is 1.45. The lowest BCUT2D eigenvalue weighted by Crippen LogP contribution is -2.21. The molecule has 2 aromatic heterocycles. The molecule has 12 heteroatoms. The van der Waals surface area contributed by atoms with Crippen LogP contribution in [0.25, 0.3) is 10.2 Å². The monoisotopic (exact) mass is 374 g/mol. The Kier molecular flexibility index (Phi) is 5.76. The molecule has 0 saturated heterocycles. The molecule has 2 rings (SSSR count). The van der Waals surface area contributed by atoms with E-state index < -0.39 is 29.8 Å². The van der Waals surface area contributed by atoms with Crippen LogP contribution in [0, 0.1) is 0 Å². The first kappa shape index (κ1) is 19.7. The smallest absolute Gasteiger partial charge is 0.475 e. The number of rotatable bonds is 1. The van der Waals surface area contributed by atoms with Crippen LogP contribution in [0.2, 0.25) is 0 Å². The third kappa shape index (κ3) is 4.57. The second-order valence-corrected chi connectivity index (χ2v) is 4.95. The fraction of sp³-hybridized carbons (Fsp3) is 0.250. The molecule has 2 N–H and O–H groups in total. The number of nitrogens with one attached hydrogen (secondary N) is 1. The zero-order valence-corrected chi connectivity index (χ0v) is 12.4. The van der Waals surface area contributed by atoms with Crippen molar-refractivity contribution in [3.8, 4) is 0 Å². The molecule has 0 radical (unpaired) electrons. The predicted molar refractivity (Wildman–Crippen MR) is 71.7 cm³/mol. The van der Waals surface area contributed by atoms with Gasteiger partial charge in [-0.05, 0) is 6.07 Å². The van der Waals surface area contributed by atoms with Gasteiger partial charge >= 0.3 is 18.3 Å². The Morgan fingerprint density at radius 2 is 1.75 bits per heavy atom. The molecule has 2 aromatic rings. The molecule has 0 aliphatic heterocycles. The Morgan fingerprint density at radius 1 is 1.21 bits per heavy atom. The van der Waals surface area contributed by atoms with Crippen molar-refractivity contribution >= 4 is 33.4 Å². The van der Waals surface area contributed by atoms with Crippen LogP contribution < -0.4 is 5.32 Å². The van der Waals surface area contributed by atoms with Gasteiger partial charge in [-0.2, -0.15) is 26.3 Å². The summed E-state index contributed by atoms with van der Waals surface area (Å²) in [5.41, 5.74) is -0.509. The van der Waals surface area contributed by atoms with Crippen molar-refractivity contribution in [3.63, 3.8) is 0 Å². The maximum Gasteiger partial charge on any atom is 0.490 e. The van der Waals surface area contributed by atoms with Crippen molar-refractivity contribution in [1.82, 2.24) is 10.3 Å². The van der Waals surface area contributed by atoms with Crippen LogP contribution in [0.5, 0.6) is 0 Å². The highest BCUT2D eigenvalue weighted by Gasteiger charge is 2.38. The summed E-state index contributed by atoms with van der Waals surface area (Å²) < 4.78 is 69.8. The molecule has 0 aliphatic rings. The SMILES string of the molecule is CNC(=O)c1csc2c(C(F)(F)F)ccnc12.O=C(O)C(F)(F)F. The van der Waals surface area contributed by atoms with Crippen LogP contribution in [0.3, 0.4) is 0 Å². The van der Waals surface area contributed by atoms with Crippen molar-refractivity contribution < 1.29 is 41.0 Å². The minimum absolute atomic E-state index is 0.0152. The number of alkyl halides is 6. The van der Waals surface area contributed by atoms with Gasteiger partial charge in [0, 0.05) is 18.6 Å². The molecule has 1 amide bonds. The van der Waals surface area contributed by atoms with Gasteiger partial charge in [-0.15, -0.1) is 11.3 Å². The van der Waals surface area contributed by atoms with Crippen LogP contribution >= 0.6 is 11.3 Å². The number of carboxylic acid groups (broad SMARTS) is 1. The summed E-state index contributed by atoms with van der Waals surface area (Å²) in [6, 6.07) is 0.909. The van der Waals surface area contributed by atoms with E-state index in [2.05, 4.69) is 10.3 Å². The van der Waals surface area contributed by atoms with Gasteiger partial charge < -0.3 is 10.4 Å². The average molecular weight is 374 g/mol. The Hall–Kier alpha value is -2.37. The molecular weight excluding hydrogens is 366 g/mol. The van der Waals surface area contributed by atoms with Crippen LogP contribution in [0.1, 0.15) is 15.9 Å². The number of hydrogen-bond donors (Lipinski definition) is 2. The number of carbonyl (C=O) groups is 2. The van der Waals surface area contributed by atoms with Crippen molar-refractivity contribution in [2.45, 2.75) is 12.4 Å². The molecule has 0 saturated carbocycles. The number of pyridine rings is 1. The summed E-state index contributed by atoms with van der Waals surface area (Å²) in [6.45, 7) is 0. The van der Waals surface area contributed by atoms with Gasteiger partial charge in [0.25, 0.3) is 5.91 Å². The van der Waals surface area contributed by atoms with E-state index >= 15 is 0 Å². The summed E-state index contributed by atoms with van der Waals surface area (Å²) in [6.07, 6.45) is -8.46. The highest BCUT2D eigenvalue weighted by atomic mass is 32.1. The lowest BCUT2D eigenvalue weighted by molar-refractivity contribution is -0.192. The van der Waals surface area contributed by atoms with Crippen molar-refractivity contribution in [2.75, 3.05) is 7.05 Å². The number of aliphatic carboxylic acids is 1. The van der Waals surface area contributed by atoms with Crippen molar-refractivity contribution in [1.29, 1.82) is 0 Å². The molecule has 0 bridgehead atoms. The van der Waals surface area contributed by atoms with Gasteiger partial charge in [0.1, 0.15) is 0 Å². The maximum absolute atomic E-state index is 12.7. The highest BCUT2D eigenvalue weighted by molar-refractivity contribution is 7.17. The van der Waals surface area contributed by atoms with Gasteiger partial charge in [-0.1, -0.05) is 0 Å². The number of halogens is 6. The minimum Gasteiger partial charge on any atom is -0.475 e. The standard InChI is InChI=1S/C10H7F3N2OS.C2HF3O2/c1-14-9(16)5-4-17-8-6(10(11,12)13)2-3-15-7(5)8;3-2(4,5)1(6)7/h2-4H,1H3,(H,14,16);(H,6,7). The molecule has 0 atom stereocenters. The molecule has 0 aromatic carbocycles. The molecule has 132 valence electrons. The topological polar surface area (TPSA) is 79.3 Å². The third-order valence-electron chi connectivity index (χ3n) is 2.47. The largest absolute Gasteiger partial charge is 0.490 e. The summed E-state index contributed by atoms with van der Waals surface area (Å²) in [5.74, 6) is -3.20. The van der Waals surface area contributed by atoms with Crippen molar-refractivity contribution in [2.24, 2.45) is 0 Å². The summed E-state index contributed by atoms with van der Waals surface area (Å²) in [7, 11) is 1.42. The zero-order chi connectivity index (χ0) is 18.7. The first-order valence-corrected chi connectivity index (χ1v) is 6.73. The number of fused-ring (bicyclic) bond motifs is 1. The Balaban J connectivity index is 0.000000351. The van der Waals surface area contributed by atoms with E-state index in [0.717, 1.165) is 23.6 Å². The Bertz CT molecular complexity index is 753. The highest BCUT2D eigenvalue weighted by Crippen LogP contribution is 2.37. The molecule has 0 spiro atoms. The average Bonchev–Trinajstić information content (AvgIpc) is 2.88. The summed E-state index contributed by atoms with van der Waals surface area (Å²) >= 11 is 0.868. The van der Waals surface area contributed by atoms with E-state index in [1.165, 1.54) is 12.4 Å². The normalized spacial score (nSPS) is 11.6. The lowest BCUT2D eigenvalue weighted by atomic mass is 10.2. The molecule has 5 nitrogen and oxygen atoms in total. The number of nitrogens with zero attached hydrogens (tertiary/aromatic N) is 1. The second-order valence-electron chi connectivity index (χ2n) is 4.07. The zero-order valence-electron chi connectivity index (χ0n) is 11.6. The van der Waals surface area contributed by atoms with Crippen LogP contribution in [-0.2, 0) is 11.0 Å². The number of thiophene rings is 1. The van der Waals surface area contributed by atoms with E-state index in [1.54, 1.807) is 0 Å². The molecular formula is C12H8F6N2O3S. The molecule has 24 heavy (non-hydrogen) atoms. The van der Waals surface area contributed by atoms with E-state index in [1.807, 2.05) is 0 Å². The van der Waals surface area contributed by atoms with Gasteiger partial charge in [0.05, 0.1) is 21.3 Å². The quantitative estimate of drug-likeness (QED) is 0.751. The fourth-order valence-corrected chi connectivity index (χ4v) is 2.49. The predicted octanol–water partition coefficient (Wildman–Crippen LogP) is 3.31. The molecule has 0 fully saturated rings. The first-order chi connectivity index (χ1) is 10.9. The number of aromatic nitrogens is 1. The maximum atomic E-state index is 12.7. The number of amides is 1. The Labute approximate surface area is 133 Å². The van der Waals surface area contributed by atoms with E-state index in [4.69, 9.17) is 9.90 Å². The van der Waals surface area contributed by atoms with Crippen LogP contribution in [-0.4, -0.2) is 35.2 Å². The first-order valence-electron chi connectivity index (χ1n) is 5.85. The molecule has 0 aliphatic carbocycles. The van der Waals surface area contributed by atoms with Gasteiger partial charge in [0.15, 0.2) is 0 Å². The summed E-state index contributed by atoms with van der Waals surface area (Å²) in [5, 5.41) is 10.9. The van der Waals surface area contributed by atoms with Gasteiger partial charge in [-0.25, -0.2) is 4.79 Å². The van der Waals surface area contributed by atoms with Gasteiger partial charge in [0.2, 0.25) is 0 Å². The van der Waals surface area contributed by atoms with Crippen molar-refractivity contribution in [3.05, 3.63) is 28.8 Å². The summed E-state index contributed by atoms with van der Waals surface area (Å²) in [4.78, 5) is 24.2. The number of carbonyl (C=O) groups excluding carboxylic acids is 1. The third-order valence-corrected chi connectivity index (χ3v) is 3.48. The number of hydrogen-bond acceptors (Lipinski definition) is 4. The van der Waals surface area contributed by atoms with E-state index in [-0.39, 0.29) is 15.8 Å². The number of carboxylic acids is 1. The van der Waals surface area contributed by atoms with E-state index in [9.17, 15) is 31.1 Å². The Morgan fingerprint density at radius 3 is 2.17 bits per heavy atom. The van der Waals surface area contributed by atoms with Gasteiger partial charge in [-0.3, -0.25) is 9.78 Å². The van der Waals surface area contributed by atoms with Crippen LogP contribution in [0.4, 0.5) is 26.3 Å². The molecule has 0 unspecified atom stereocenters. The second kappa shape index (κ2) is 7.03. The van der Waals surface area contributed by atoms with Crippen LogP contribution in [0.15, 0.2) is 17.6 Å². The minimum atomic E-state index is -5.08. The van der Waals surface area contributed by atoms with E-state index in [0.29, 0.717) is 0 Å². The lowest BCUT2D eigenvalue weighted by Gasteiger charge is -2.06.